The Morgan fingerprint density at radius 3 is 2.00 bits per heavy atom. The largest absolute Gasteiger partial charge is 0.497 e. The Morgan fingerprint density at radius 1 is 0.930 bits per heavy atom. The van der Waals surface area contributed by atoms with Crippen molar-refractivity contribution < 1.29 is 18.5 Å². The Bertz CT molecular complexity index is 1240. The van der Waals surface area contributed by atoms with Crippen molar-refractivity contribution in [2.24, 2.45) is 0 Å². The molecule has 9 heteroatoms. The fraction of sp³-hybridized carbons (Fsp3) is 0.441. The van der Waals surface area contributed by atoms with Crippen LogP contribution < -0.4 is 10.1 Å². The van der Waals surface area contributed by atoms with E-state index >= 15 is 0 Å². The van der Waals surface area contributed by atoms with E-state index in [-0.39, 0.29) is 24.2 Å². The first-order valence-corrected chi connectivity index (χ1v) is 16.1. The van der Waals surface area contributed by atoms with Gasteiger partial charge in [0, 0.05) is 24.1 Å². The molecule has 1 saturated heterocycles. The summed E-state index contributed by atoms with van der Waals surface area (Å²) in [6, 6.07) is 31.1. The summed E-state index contributed by atoms with van der Waals surface area (Å²) in [4.78, 5) is 0. The van der Waals surface area contributed by atoms with E-state index in [1.807, 2.05) is 24.3 Å². The predicted molar refractivity (Wildman–Crippen MR) is 173 cm³/mol. The van der Waals surface area contributed by atoms with E-state index < -0.39 is 20.1 Å². The van der Waals surface area contributed by atoms with Gasteiger partial charge in [-0.15, -0.1) is 0 Å². The summed E-state index contributed by atoms with van der Waals surface area (Å²) in [5.41, 5.74) is 2.55. The van der Waals surface area contributed by atoms with Gasteiger partial charge in [0.25, 0.3) is 8.53 Å². The molecule has 0 bridgehead atoms. The van der Waals surface area contributed by atoms with Crippen LogP contribution in [0.3, 0.4) is 0 Å². The maximum Gasteiger partial charge on any atom is 0.259 e. The third-order valence-corrected chi connectivity index (χ3v) is 9.71. The minimum Gasteiger partial charge on any atom is -0.497 e. The van der Waals surface area contributed by atoms with Crippen molar-refractivity contribution in [1.82, 2.24) is 9.99 Å². The average Bonchev–Trinajstić information content (AvgIpc) is 3.37. The van der Waals surface area contributed by atoms with Gasteiger partial charge in [0.05, 0.1) is 44.5 Å². The third-order valence-electron chi connectivity index (χ3n) is 7.63. The van der Waals surface area contributed by atoms with Crippen LogP contribution in [-0.2, 0) is 19.3 Å². The van der Waals surface area contributed by atoms with Crippen molar-refractivity contribution in [1.29, 1.82) is 5.26 Å². The van der Waals surface area contributed by atoms with Crippen molar-refractivity contribution in [3.8, 4) is 11.8 Å². The summed E-state index contributed by atoms with van der Waals surface area (Å²) in [6.07, 6.45) is 0.585. The van der Waals surface area contributed by atoms with Gasteiger partial charge in [0.2, 0.25) is 0 Å². The minimum atomic E-state index is -1.41. The third kappa shape index (κ3) is 8.05. The summed E-state index contributed by atoms with van der Waals surface area (Å²) in [5, 5.41) is 13.1. The Balaban J connectivity index is 1.70. The zero-order valence-electron chi connectivity index (χ0n) is 25.9. The van der Waals surface area contributed by atoms with Gasteiger partial charge in [-0.2, -0.15) is 5.26 Å². The zero-order valence-corrected chi connectivity index (χ0v) is 26.7. The molecule has 1 N–H and O–H groups in total. The molecule has 1 unspecified atom stereocenters. The number of nitrogens with zero attached hydrogens (tertiary/aromatic N) is 2. The topological polar surface area (TPSA) is 76.0 Å². The molecule has 43 heavy (non-hydrogen) atoms. The van der Waals surface area contributed by atoms with Crippen LogP contribution in [-0.4, -0.2) is 63.1 Å². The smallest absolute Gasteiger partial charge is 0.259 e. The van der Waals surface area contributed by atoms with Gasteiger partial charge in [0.1, 0.15) is 13.6 Å². The Hall–Kier alpha value is -2.76. The van der Waals surface area contributed by atoms with E-state index in [0.717, 1.165) is 22.4 Å². The van der Waals surface area contributed by atoms with Gasteiger partial charge >= 0.3 is 0 Å². The monoisotopic (exact) mass is 599 g/mol. The van der Waals surface area contributed by atoms with E-state index in [1.54, 1.807) is 7.11 Å². The van der Waals surface area contributed by atoms with Gasteiger partial charge in [-0.05, 0) is 62.9 Å². The highest BCUT2D eigenvalue weighted by molar-refractivity contribution is 7.44. The number of hydrogen-bond acceptors (Lipinski definition) is 7. The molecule has 2 radical (unpaired) electrons. The summed E-state index contributed by atoms with van der Waals surface area (Å²) >= 11 is 0. The highest BCUT2D eigenvalue weighted by Gasteiger charge is 2.43. The molecule has 1 heterocycles. The SMILES string of the molecule is [B][C@H]1C[C@H](NC(c2ccccc2)(c2ccccc2)c2ccc(OC)cc2)[C@@H](COP(OCCC#N)N(C(C)C)C(C)C)O1. The highest BCUT2D eigenvalue weighted by Crippen LogP contribution is 2.47. The van der Waals surface area contributed by atoms with Crippen molar-refractivity contribution in [3.63, 3.8) is 0 Å². The predicted octanol–water partition coefficient (Wildman–Crippen LogP) is 6.52. The number of hydrogen-bond donors (Lipinski definition) is 1. The molecule has 0 amide bonds. The molecule has 0 aliphatic carbocycles. The molecule has 7 nitrogen and oxygen atoms in total. The van der Waals surface area contributed by atoms with E-state index in [9.17, 15) is 0 Å². The zero-order chi connectivity index (χ0) is 30.8. The Morgan fingerprint density at radius 2 is 1.49 bits per heavy atom. The maximum absolute atomic E-state index is 9.10. The first kappa shape index (κ1) is 33.1. The van der Waals surface area contributed by atoms with Gasteiger partial charge in [-0.3, -0.25) is 5.32 Å². The number of benzene rings is 3. The molecule has 0 spiro atoms. The molecule has 226 valence electrons. The molecule has 1 aliphatic heterocycles. The molecular weight excluding hydrogens is 556 g/mol. The minimum absolute atomic E-state index is 0.139. The molecule has 0 saturated carbocycles. The van der Waals surface area contributed by atoms with E-state index in [4.69, 9.17) is 31.6 Å². The molecule has 4 atom stereocenters. The van der Waals surface area contributed by atoms with Crippen LogP contribution in [0.25, 0.3) is 0 Å². The number of rotatable bonds is 15. The second-order valence-electron chi connectivity index (χ2n) is 11.3. The van der Waals surface area contributed by atoms with Gasteiger partial charge in [-0.1, -0.05) is 72.8 Å². The first-order chi connectivity index (χ1) is 20.8. The van der Waals surface area contributed by atoms with E-state index in [0.29, 0.717) is 26.1 Å². The fourth-order valence-corrected chi connectivity index (χ4v) is 7.40. The summed E-state index contributed by atoms with van der Waals surface area (Å²) in [7, 11) is 6.70. The number of ether oxygens (including phenoxy) is 2. The number of methoxy groups -OCH3 is 1. The Kier molecular flexibility index (Phi) is 12.2. The van der Waals surface area contributed by atoms with Gasteiger partial charge in [0.15, 0.2) is 0 Å². The number of nitrogens with one attached hydrogen (secondary N) is 1. The molecular formula is C34H43BN3O4P. The summed E-state index contributed by atoms with van der Waals surface area (Å²) in [5.74, 6) is 0.792. The van der Waals surface area contributed by atoms with Crippen LogP contribution in [0.1, 0.15) is 57.2 Å². The summed E-state index contributed by atoms with van der Waals surface area (Å²) < 4.78 is 26.7. The van der Waals surface area contributed by atoms with E-state index in [1.165, 1.54) is 0 Å². The van der Waals surface area contributed by atoms with Crippen molar-refractivity contribution >= 4 is 16.4 Å². The molecule has 1 fully saturated rings. The lowest BCUT2D eigenvalue weighted by Gasteiger charge is -2.41. The lowest BCUT2D eigenvalue weighted by molar-refractivity contribution is 0.0317. The lowest BCUT2D eigenvalue weighted by atomic mass is 9.76. The standard InChI is InChI=1S/C34H43BN3O4P/c1-25(2)38(26(3)4)43(40-22-12-21-36)41-24-32-31(23-33(35)42-32)37-34(27-13-8-6-9-14-27,28-15-10-7-11-16-28)29-17-19-30(39-5)20-18-29/h6-11,13-20,25-26,31-33,37H,12,22-24H2,1-5H3/t31-,32+,33+,43?/m0/s1. The van der Waals surface area contributed by atoms with Gasteiger partial charge < -0.3 is 18.5 Å². The van der Waals surface area contributed by atoms with Crippen LogP contribution in [0.4, 0.5) is 0 Å². The molecule has 1 aliphatic rings. The second-order valence-corrected chi connectivity index (χ2v) is 12.7. The normalized spacial score (nSPS) is 19.6. The van der Waals surface area contributed by atoms with Crippen LogP contribution >= 0.6 is 8.53 Å². The van der Waals surface area contributed by atoms with Crippen molar-refractivity contribution in [3.05, 3.63) is 102 Å². The van der Waals surface area contributed by atoms with Crippen molar-refractivity contribution in [2.45, 2.75) is 76.3 Å². The highest BCUT2D eigenvalue weighted by atomic mass is 31.2. The van der Waals surface area contributed by atoms with Crippen LogP contribution in [0.15, 0.2) is 84.9 Å². The second kappa shape index (κ2) is 15.8. The molecule has 4 rings (SSSR count). The van der Waals surface area contributed by atoms with E-state index in [2.05, 4.69) is 104 Å². The van der Waals surface area contributed by atoms with Crippen LogP contribution in [0.5, 0.6) is 5.75 Å². The maximum atomic E-state index is 9.10. The summed E-state index contributed by atoms with van der Waals surface area (Å²) in [6.45, 7) is 9.11. The van der Waals surface area contributed by atoms with Crippen LogP contribution in [0.2, 0.25) is 0 Å². The quantitative estimate of drug-likeness (QED) is 0.0923. The molecule has 3 aromatic carbocycles. The number of nitriles is 1. The molecule has 3 aromatic rings. The van der Waals surface area contributed by atoms with Gasteiger partial charge in [-0.25, -0.2) is 4.67 Å². The first-order valence-electron chi connectivity index (χ1n) is 15.0. The van der Waals surface area contributed by atoms with Crippen LogP contribution in [0, 0.1) is 11.3 Å². The van der Waals surface area contributed by atoms with Crippen molar-refractivity contribution in [2.75, 3.05) is 20.3 Å². The fourth-order valence-electron chi connectivity index (χ4n) is 5.78. The Labute approximate surface area is 259 Å². The average molecular weight is 600 g/mol. The molecule has 0 aromatic heterocycles. The lowest BCUT2D eigenvalue weighted by Crippen LogP contribution is -2.53.